The van der Waals surface area contributed by atoms with Crippen molar-refractivity contribution in [2.45, 2.75) is 37.9 Å². The summed E-state index contributed by atoms with van der Waals surface area (Å²) in [7, 11) is 0. The summed E-state index contributed by atoms with van der Waals surface area (Å²) in [6, 6.07) is 0. The van der Waals surface area contributed by atoms with Gasteiger partial charge in [-0.15, -0.1) is 0 Å². The molecule has 0 bridgehead atoms. The van der Waals surface area contributed by atoms with E-state index >= 15 is 0 Å². The second-order valence-electron chi connectivity index (χ2n) is 4.84. The van der Waals surface area contributed by atoms with Crippen LogP contribution in [0.15, 0.2) is 0 Å². The van der Waals surface area contributed by atoms with Gasteiger partial charge in [0.15, 0.2) is 0 Å². The van der Waals surface area contributed by atoms with Crippen LogP contribution in [0.2, 0.25) is 0 Å². The molecule has 1 aliphatic rings. The van der Waals surface area contributed by atoms with E-state index in [1.807, 2.05) is 0 Å². The van der Waals surface area contributed by atoms with E-state index in [-0.39, 0.29) is 12.1 Å². The monoisotopic (exact) mass is 254 g/mol. The highest BCUT2D eigenvalue weighted by Gasteiger charge is 2.37. The molecule has 6 heteroatoms. The quantitative estimate of drug-likeness (QED) is 0.704. The Kier molecular flexibility index (Phi) is 5.22. The minimum atomic E-state index is -4.22. The van der Waals surface area contributed by atoms with E-state index in [2.05, 4.69) is 16.6 Å². The molecule has 0 aromatic carbocycles. The van der Waals surface area contributed by atoms with E-state index in [9.17, 15) is 13.2 Å². The van der Waals surface area contributed by atoms with Crippen molar-refractivity contribution in [3.8, 4) is 0 Å². The van der Waals surface area contributed by atoms with Crippen LogP contribution in [0.1, 0.15) is 26.2 Å². The fourth-order valence-electron chi connectivity index (χ4n) is 2.24. The van der Waals surface area contributed by atoms with Crippen LogP contribution in [-0.2, 0) is 4.74 Å². The lowest BCUT2D eigenvalue weighted by Gasteiger charge is -2.48. The first-order valence-electron chi connectivity index (χ1n) is 6.00. The number of ether oxygens (including phenoxy) is 1. The Morgan fingerprint density at radius 2 is 2.00 bits per heavy atom. The third kappa shape index (κ3) is 5.70. The Bertz CT molecular complexity index is 227. The zero-order chi connectivity index (χ0) is 12.9. The molecule has 2 N–H and O–H groups in total. The first-order valence-corrected chi connectivity index (χ1v) is 6.00. The predicted octanol–water partition coefficient (Wildman–Crippen LogP) is 1.77. The Morgan fingerprint density at radius 1 is 1.35 bits per heavy atom. The summed E-state index contributed by atoms with van der Waals surface area (Å²) in [5, 5.41) is 0. The predicted molar refractivity (Wildman–Crippen MR) is 59.8 cm³/mol. The van der Waals surface area contributed by atoms with Crippen molar-refractivity contribution in [1.29, 1.82) is 0 Å². The van der Waals surface area contributed by atoms with E-state index < -0.39 is 12.8 Å². The number of hydrogen-bond acceptors (Lipinski definition) is 3. The summed E-state index contributed by atoms with van der Waals surface area (Å²) in [4.78, 5) is 2.16. The lowest BCUT2D eigenvalue weighted by atomic mass is 9.86. The summed E-state index contributed by atoms with van der Waals surface area (Å²) in [5.41, 5.74) is 6.00. The van der Waals surface area contributed by atoms with Crippen LogP contribution in [-0.4, -0.2) is 49.5 Å². The van der Waals surface area contributed by atoms with Crippen molar-refractivity contribution in [3.05, 3.63) is 0 Å². The average molecular weight is 254 g/mol. The molecule has 0 radical (unpaired) electrons. The van der Waals surface area contributed by atoms with Gasteiger partial charge in [0.05, 0.1) is 0 Å². The summed E-state index contributed by atoms with van der Waals surface area (Å²) in [5.74, 6) is 0. The first-order chi connectivity index (χ1) is 7.85. The number of hydrogen-bond donors (Lipinski definition) is 1. The van der Waals surface area contributed by atoms with Crippen molar-refractivity contribution in [1.82, 2.24) is 4.90 Å². The topological polar surface area (TPSA) is 38.5 Å². The van der Waals surface area contributed by atoms with Crippen molar-refractivity contribution in [2.24, 2.45) is 5.73 Å². The van der Waals surface area contributed by atoms with E-state index in [1.54, 1.807) is 0 Å². The maximum atomic E-state index is 11.8. The number of rotatable bonds is 7. The Balaban J connectivity index is 1.96. The Hall–Kier alpha value is -0.330. The maximum absolute atomic E-state index is 11.8. The van der Waals surface area contributed by atoms with Gasteiger partial charge in [-0.2, -0.15) is 13.2 Å². The van der Waals surface area contributed by atoms with Crippen LogP contribution in [0.25, 0.3) is 0 Å². The minimum Gasteiger partial charge on any atom is -0.372 e. The molecule has 0 aliphatic carbocycles. The minimum absolute atomic E-state index is 0.0679. The van der Waals surface area contributed by atoms with Crippen LogP contribution in [0.4, 0.5) is 13.2 Å². The van der Waals surface area contributed by atoms with Crippen LogP contribution in [0.5, 0.6) is 0 Å². The van der Waals surface area contributed by atoms with Crippen LogP contribution < -0.4 is 5.73 Å². The highest BCUT2D eigenvalue weighted by molar-refractivity contribution is 4.99. The molecular formula is C11H21F3N2O. The third-order valence-electron chi connectivity index (χ3n) is 2.85. The Morgan fingerprint density at radius 3 is 2.53 bits per heavy atom. The highest BCUT2D eigenvalue weighted by Crippen LogP contribution is 2.23. The molecule has 0 unspecified atom stereocenters. The van der Waals surface area contributed by atoms with Gasteiger partial charge in [0.25, 0.3) is 0 Å². The molecule has 17 heavy (non-hydrogen) atoms. The largest absolute Gasteiger partial charge is 0.411 e. The molecule has 3 nitrogen and oxygen atoms in total. The molecule has 1 aliphatic heterocycles. The molecule has 1 saturated heterocycles. The van der Waals surface area contributed by atoms with E-state index in [0.29, 0.717) is 6.42 Å². The van der Waals surface area contributed by atoms with Crippen molar-refractivity contribution < 1.29 is 17.9 Å². The second-order valence-corrected chi connectivity index (χ2v) is 4.84. The van der Waals surface area contributed by atoms with Gasteiger partial charge in [0.1, 0.15) is 6.61 Å². The lowest BCUT2D eigenvalue weighted by molar-refractivity contribution is -0.174. The van der Waals surface area contributed by atoms with Crippen molar-refractivity contribution in [2.75, 3.05) is 32.8 Å². The highest BCUT2D eigenvalue weighted by atomic mass is 19.4. The number of nitrogens with two attached hydrogens (primary N) is 1. The van der Waals surface area contributed by atoms with Gasteiger partial charge >= 0.3 is 6.18 Å². The van der Waals surface area contributed by atoms with E-state index in [0.717, 1.165) is 32.5 Å². The zero-order valence-corrected chi connectivity index (χ0v) is 10.2. The van der Waals surface area contributed by atoms with Gasteiger partial charge in [-0.1, -0.05) is 13.3 Å². The van der Waals surface area contributed by atoms with Gasteiger partial charge in [-0.25, -0.2) is 0 Å². The Labute approximate surface area is 100 Å². The van der Waals surface area contributed by atoms with Gasteiger partial charge in [-0.05, 0) is 12.8 Å². The standard InChI is InChI=1S/C11H21F3N2O/c1-2-4-10(15)7-16(8-10)5-3-6-17-9-11(12,13)14/h2-9,15H2,1H3. The van der Waals surface area contributed by atoms with Crippen molar-refractivity contribution in [3.63, 3.8) is 0 Å². The smallest absolute Gasteiger partial charge is 0.372 e. The van der Waals surface area contributed by atoms with Gasteiger partial charge < -0.3 is 10.5 Å². The normalized spacial score (nSPS) is 20.3. The van der Waals surface area contributed by atoms with Gasteiger partial charge in [0, 0.05) is 31.8 Å². The molecule has 1 heterocycles. The van der Waals surface area contributed by atoms with Crippen molar-refractivity contribution >= 4 is 0 Å². The SMILES string of the molecule is CCCC1(N)CN(CCCOCC(F)(F)F)C1. The number of halogens is 3. The maximum Gasteiger partial charge on any atom is 0.411 e. The molecule has 0 atom stereocenters. The molecular weight excluding hydrogens is 233 g/mol. The zero-order valence-electron chi connectivity index (χ0n) is 10.2. The van der Waals surface area contributed by atoms with E-state index in [4.69, 9.17) is 5.73 Å². The first kappa shape index (κ1) is 14.7. The number of likely N-dealkylation sites (tertiary alicyclic amines) is 1. The van der Waals surface area contributed by atoms with Gasteiger partial charge in [-0.3, -0.25) is 4.90 Å². The number of nitrogens with zero attached hydrogens (tertiary/aromatic N) is 1. The van der Waals surface area contributed by atoms with Gasteiger partial charge in [0.2, 0.25) is 0 Å². The van der Waals surface area contributed by atoms with Crippen LogP contribution >= 0.6 is 0 Å². The molecule has 0 aromatic rings. The fourth-order valence-corrected chi connectivity index (χ4v) is 2.24. The lowest BCUT2D eigenvalue weighted by Crippen LogP contribution is -2.67. The molecule has 0 aromatic heterocycles. The molecule has 0 amide bonds. The molecule has 0 spiro atoms. The number of alkyl halides is 3. The summed E-state index contributed by atoms with van der Waals surface area (Å²) >= 11 is 0. The molecule has 0 saturated carbocycles. The summed E-state index contributed by atoms with van der Waals surface area (Å²) in [6.45, 7) is 3.56. The molecule has 1 fully saturated rings. The molecule has 1 rings (SSSR count). The van der Waals surface area contributed by atoms with Crippen LogP contribution in [0, 0.1) is 0 Å². The average Bonchev–Trinajstić information content (AvgIpc) is 2.13. The summed E-state index contributed by atoms with van der Waals surface area (Å²) in [6.07, 6.45) is -1.52. The fraction of sp³-hybridized carbons (Fsp3) is 1.00. The van der Waals surface area contributed by atoms with E-state index in [1.165, 1.54) is 0 Å². The second kappa shape index (κ2) is 6.02. The van der Waals surface area contributed by atoms with Crippen LogP contribution in [0.3, 0.4) is 0 Å². The summed E-state index contributed by atoms with van der Waals surface area (Å²) < 4.78 is 39.8. The third-order valence-corrected chi connectivity index (χ3v) is 2.85. The molecule has 102 valence electrons.